The summed E-state index contributed by atoms with van der Waals surface area (Å²) in [6.07, 6.45) is 2.39. The second kappa shape index (κ2) is 7.62. The Balaban J connectivity index is 1.54. The fourth-order valence-electron chi connectivity index (χ4n) is 2.33. The molecule has 100 valence electrons. The standard InChI is InChI=1S/C14H21ClN2O/c15-13-3-5-14(6-4-13)18-12-2-1-9-17-10-7-16-8-11-17/h3-6,16H,1-2,7-12H2/p+2. The first-order valence-electron chi connectivity index (χ1n) is 6.88. The minimum absolute atomic E-state index is 0.757. The third-order valence-electron chi connectivity index (χ3n) is 3.41. The molecular formula is C14H23ClN2O+2. The van der Waals surface area contributed by atoms with E-state index in [1.165, 1.54) is 39.1 Å². The summed E-state index contributed by atoms with van der Waals surface area (Å²) in [6, 6.07) is 7.58. The highest BCUT2D eigenvalue weighted by Gasteiger charge is 2.14. The molecule has 3 N–H and O–H groups in total. The zero-order valence-electron chi connectivity index (χ0n) is 10.8. The molecule has 18 heavy (non-hydrogen) atoms. The van der Waals surface area contributed by atoms with E-state index in [1.54, 1.807) is 4.90 Å². The summed E-state index contributed by atoms with van der Waals surface area (Å²) in [5.74, 6) is 0.916. The molecule has 0 spiro atoms. The lowest BCUT2D eigenvalue weighted by molar-refractivity contribution is -0.946. The maximum absolute atomic E-state index is 5.82. The van der Waals surface area contributed by atoms with Crippen molar-refractivity contribution in [2.45, 2.75) is 12.8 Å². The Labute approximate surface area is 114 Å². The number of rotatable bonds is 6. The zero-order chi connectivity index (χ0) is 12.6. The molecule has 0 unspecified atom stereocenters. The molecule has 0 saturated carbocycles. The van der Waals surface area contributed by atoms with Gasteiger partial charge in [0.05, 0.1) is 13.2 Å². The number of nitrogens with two attached hydrogens (primary N) is 1. The van der Waals surface area contributed by atoms with Gasteiger partial charge in [-0.3, -0.25) is 0 Å². The first kappa shape index (κ1) is 13.7. The highest BCUT2D eigenvalue weighted by atomic mass is 35.5. The SMILES string of the molecule is Clc1ccc(OCCCC[NH+]2CC[NH2+]CC2)cc1. The summed E-state index contributed by atoms with van der Waals surface area (Å²) >= 11 is 5.82. The fraction of sp³-hybridized carbons (Fsp3) is 0.571. The van der Waals surface area contributed by atoms with E-state index in [1.807, 2.05) is 24.3 Å². The van der Waals surface area contributed by atoms with Gasteiger partial charge in [0.25, 0.3) is 0 Å². The number of hydrogen-bond donors (Lipinski definition) is 2. The molecule has 1 aliphatic heterocycles. The van der Waals surface area contributed by atoms with Gasteiger partial charge in [0, 0.05) is 5.02 Å². The molecule has 2 rings (SSSR count). The highest BCUT2D eigenvalue weighted by Crippen LogP contribution is 2.15. The van der Waals surface area contributed by atoms with E-state index < -0.39 is 0 Å². The Morgan fingerprint density at radius 1 is 1.11 bits per heavy atom. The number of quaternary nitrogens is 2. The minimum Gasteiger partial charge on any atom is -0.494 e. The normalized spacial score (nSPS) is 16.7. The van der Waals surface area contributed by atoms with Gasteiger partial charge < -0.3 is 15.0 Å². The Hall–Kier alpha value is -0.770. The van der Waals surface area contributed by atoms with Gasteiger partial charge in [0.15, 0.2) is 0 Å². The van der Waals surface area contributed by atoms with Gasteiger partial charge in [0.2, 0.25) is 0 Å². The Bertz CT molecular complexity index is 336. The van der Waals surface area contributed by atoms with E-state index in [0.717, 1.165) is 23.8 Å². The largest absolute Gasteiger partial charge is 0.494 e. The second-order valence-electron chi connectivity index (χ2n) is 4.88. The van der Waals surface area contributed by atoms with Crippen LogP contribution < -0.4 is 15.0 Å². The van der Waals surface area contributed by atoms with E-state index in [4.69, 9.17) is 16.3 Å². The summed E-state index contributed by atoms with van der Waals surface area (Å²) in [5.41, 5.74) is 0. The minimum atomic E-state index is 0.757. The van der Waals surface area contributed by atoms with Crippen LogP contribution in [0.25, 0.3) is 0 Å². The molecule has 1 aromatic carbocycles. The van der Waals surface area contributed by atoms with E-state index in [0.29, 0.717) is 0 Å². The second-order valence-corrected chi connectivity index (χ2v) is 5.31. The average Bonchev–Trinajstić information content (AvgIpc) is 2.42. The topological polar surface area (TPSA) is 30.3 Å². The molecule has 4 heteroatoms. The van der Waals surface area contributed by atoms with Crippen LogP contribution in [0.4, 0.5) is 0 Å². The number of ether oxygens (including phenoxy) is 1. The van der Waals surface area contributed by atoms with E-state index in [9.17, 15) is 0 Å². The van der Waals surface area contributed by atoms with Gasteiger partial charge in [0.1, 0.15) is 31.9 Å². The Morgan fingerprint density at radius 2 is 1.83 bits per heavy atom. The van der Waals surface area contributed by atoms with Crippen molar-refractivity contribution < 1.29 is 15.0 Å². The number of hydrogen-bond acceptors (Lipinski definition) is 1. The molecule has 1 heterocycles. The average molecular weight is 271 g/mol. The molecule has 0 amide bonds. The lowest BCUT2D eigenvalue weighted by Gasteiger charge is -2.21. The highest BCUT2D eigenvalue weighted by molar-refractivity contribution is 6.30. The monoisotopic (exact) mass is 270 g/mol. The predicted octanol–water partition coefficient (Wildman–Crippen LogP) is -0.0391. The first-order chi connectivity index (χ1) is 8.84. The van der Waals surface area contributed by atoms with Crippen LogP contribution in [0.2, 0.25) is 5.02 Å². The number of nitrogens with one attached hydrogen (secondary N) is 1. The molecule has 0 radical (unpaired) electrons. The molecular weight excluding hydrogens is 248 g/mol. The fourth-order valence-corrected chi connectivity index (χ4v) is 2.46. The van der Waals surface area contributed by atoms with Crippen LogP contribution in [0.1, 0.15) is 12.8 Å². The van der Waals surface area contributed by atoms with Crippen molar-refractivity contribution in [1.82, 2.24) is 0 Å². The zero-order valence-corrected chi connectivity index (χ0v) is 11.6. The van der Waals surface area contributed by atoms with Crippen LogP contribution in [0.15, 0.2) is 24.3 Å². The number of unbranched alkanes of at least 4 members (excludes halogenated alkanes) is 1. The van der Waals surface area contributed by atoms with Gasteiger partial charge in [-0.1, -0.05) is 11.6 Å². The van der Waals surface area contributed by atoms with E-state index in [2.05, 4.69) is 5.32 Å². The first-order valence-corrected chi connectivity index (χ1v) is 7.26. The quantitative estimate of drug-likeness (QED) is 0.699. The maximum atomic E-state index is 5.82. The molecule has 1 saturated heterocycles. The third-order valence-corrected chi connectivity index (χ3v) is 3.66. The molecule has 3 nitrogen and oxygen atoms in total. The van der Waals surface area contributed by atoms with Crippen LogP contribution in [-0.4, -0.2) is 39.3 Å². The van der Waals surface area contributed by atoms with Gasteiger partial charge >= 0.3 is 0 Å². The lowest BCUT2D eigenvalue weighted by Crippen LogP contribution is -3.20. The van der Waals surface area contributed by atoms with Gasteiger partial charge in [-0.2, -0.15) is 0 Å². The molecule has 0 aromatic heterocycles. The number of benzene rings is 1. The van der Waals surface area contributed by atoms with Gasteiger partial charge in [-0.05, 0) is 37.1 Å². The van der Waals surface area contributed by atoms with Crippen molar-refractivity contribution in [1.29, 1.82) is 0 Å². The molecule has 0 atom stereocenters. The van der Waals surface area contributed by atoms with Crippen molar-refractivity contribution in [2.24, 2.45) is 0 Å². The molecule has 1 aromatic rings. The summed E-state index contributed by atoms with van der Waals surface area (Å²) in [7, 11) is 0. The van der Waals surface area contributed by atoms with E-state index >= 15 is 0 Å². The van der Waals surface area contributed by atoms with Crippen molar-refractivity contribution >= 4 is 11.6 Å². The molecule has 0 bridgehead atoms. The number of piperazine rings is 1. The van der Waals surface area contributed by atoms with Gasteiger partial charge in [-0.15, -0.1) is 0 Å². The summed E-state index contributed by atoms with van der Waals surface area (Å²) in [4.78, 5) is 1.75. The summed E-state index contributed by atoms with van der Waals surface area (Å²) < 4.78 is 5.68. The van der Waals surface area contributed by atoms with Crippen LogP contribution in [0.5, 0.6) is 5.75 Å². The van der Waals surface area contributed by atoms with Crippen LogP contribution >= 0.6 is 11.6 Å². The maximum Gasteiger partial charge on any atom is 0.127 e. The van der Waals surface area contributed by atoms with Gasteiger partial charge in [-0.25, -0.2) is 0 Å². The van der Waals surface area contributed by atoms with Crippen molar-refractivity contribution in [3.05, 3.63) is 29.3 Å². The summed E-state index contributed by atoms with van der Waals surface area (Å²) in [5, 5.41) is 3.17. The van der Waals surface area contributed by atoms with Crippen molar-refractivity contribution in [2.75, 3.05) is 39.3 Å². The molecule has 1 aliphatic rings. The predicted molar refractivity (Wildman–Crippen MR) is 73.4 cm³/mol. The Morgan fingerprint density at radius 3 is 2.56 bits per heavy atom. The third kappa shape index (κ3) is 4.84. The van der Waals surface area contributed by atoms with E-state index in [-0.39, 0.29) is 0 Å². The van der Waals surface area contributed by atoms with Crippen molar-refractivity contribution in [3.63, 3.8) is 0 Å². The Kier molecular flexibility index (Phi) is 5.78. The molecule has 1 fully saturated rings. The number of halogens is 1. The smallest absolute Gasteiger partial charge is 0.127 e. The summed E-state index contributed by atoms with van der Waals surface area (Å²) in [6.45, 7) is 7.31. The van der Waals surface area contributed by atoms with Crippen LogP contribution in [0, 0.1) is 0 Å². The lowest BCUT2D eigenvalue weighted by atomic mass is 10.2. The molecule has 0 aliphatic carbocycles. The van der Waals surface area contributed by atoms with Crippen LogP contribution in [-0.2, 0) is 0 Å². The van der Waals surface area contributed by atoms with Crippen LogP contribution in [0.3, 0.4) is 0 Å². The van der Waals surface area contributed by atoms with Crippen molar-refractivity contribution in [3.8, 4) is 5.75 Å².